The molecular formula is C21H22N2O4. The van der Waals surface area contributed by atoms with E-state index in [2.05, 4.69) is 5.43 Å². The van der Waals surface area contributed by atoms with E-state index in [9.17, 15) is 9.59 Å². The molecule has 1 aliphatic rings. The van der Waals surface area contributed by atoms with Crippen LogP contribution in [0.2, 0.25) is 0 Å². The Hall–Kier alpha value is -3.28. The molecule has 27 heavy (non-hydrogen) atoms. The Morgan fingerprint density at radius 3 is 2.48 bits per heavy atom. The number of nitrogens with zero attached hydrogens (tertiary/aromatic N) is 1. The number of ether oxygens (including phenoxy) is 2. The van der Waals surface area contributed by atoms with Gasteiger partial charge < -0.3 is 9.47 Å². The van der Waals surface area contributed by atoms with Crippen molar-refractivity contribution < 1.29 is 19.1 Å². The van der Waals surface area contributed by atoms with Crippen molar-refractivity contribution in [2.24, 2.45) is 0 Å². The highest BCUT2D eigenvalue weighted by Gasteiger charge is 2.30. The van der Waals surface area contributed by atoms with Crippen LogP contribution < -0.4 is 10.2 Å². The van der Waals surface area contributed by atoms with Gasteiger partial charge in [0, 0.05) is 12.5 Å². The molecular weight excluding hydrogens is 344 g/mol. The number of hydrazine groups is 1. The third kappa shape index (κ3) is 4.28. The highest BCUT2D eigenvalue weighted by Crippen LogP contribution is 2.35. The number of carbonyl (C=O) groups is 2. The van der Waals surface area contributed by atoms with Gasteiger partial charge in [0.1, 0.15) is 11.8 Å². The summed E-state index contributed by atoms with van der Waals surface area (Å²) in [5.74, 6) is -0.0164. The second kappa shape index (κ2) is 8.40. The molecule has 140 valence electrons. The molecule has 1 heterocycles. The first-order valence-electron chi connectivity index (χ1n) is 8.81. The molecule has 1 atom stereocenters. The van der Waals surface area contributed by atoms with Crippen LogP contribution in [0.5, 0.6) is 5.75 Å². The van der Waals surface area contributed by atoms with Crippen LogP contribution in [0.1, 0.15) is 31.0 Å². The second-order valence-electron chi connectivity index (χ2n) is 6.02. The summed E-state index contributed by atoms with van der Waals surface area (Å²) >= 11 is 0. The molecule has 6 nitrogen and oxygen atoms in total. The summed E-state index contributed by atoms with van der Waals surface area (Å²) in [7, 11) is 0. The highest BCUT2D eigenvalue weighted by molar-refractivity contribution is 5.79. The zero-order valence-electron chi connectivity index (χ0n) is 15.3. The lowest BCUT2D eigenvalue weighted by Gasteiger charge is -2.25. The Morgan fingerprint density at radius 2 is 1.78 bits per heavy atom. The number of carbonyl (C=O) groups excluding carboxylic acids is 2. The van der Waals surface area contributed by atoms with Crippen molar-refractivity contribution in [1.29, 1.82) is 0 Å². The zero-order valence-corrected chi connectivity index (χ0v) is 15.3. The minimum absolute atomic E-state index is 0.123. The first-order chi connectivity index (χ1) is 13.1. The summed E-state index contributed by atoms with van der Waals surface area (Å²) < 4.78 is 10.6. The average molecular weight is 366 g/mol. The minimum atomic E-state index is -0.430. The first-order valence-corrected chi connectivity index (χ1v) is 8.81. The van der Waals surface area contributed by atoms with Gasteiger partial charge in [-0.05, 0) is 24.6 Å². The minimum Gasteiger partial charge on any atom is -0.482 e. The number of rotatable bonds is 6. The van der Waals surface area contributed by atoms with Crippen molar-refractivity contribution in [3.63, 3.8) is 0 Å². The molecule has 0 bridgehead atoms. The van der Waals surface area contributed by atoms with Crippen LogP contribution in [0.3, 0.4) is 0 Å². The molecule has 2 aromatic carbocycles. The monoisotopic (exact) mass is 366 g/mol. The molecule has 0 radical (unpaired) electrons. The predicted octanol–water partition coefficient (Wildman–Crippen LogP) is 3.08. The summed E-state index contributed by atoms with van der Waals surface area (Å²) in [6, 6.07) is 16.8. The smallest absolute Gasteiger partial charge is 0.344 e. The number of esters is 1. The Labute approximate surface area is 158 Å². The van der Waals surface area contributed by atoms with Crippen LogP contribution in [0.15, 0.2) is 60.7 Å². The second-order valence-corrected chi connectivity index (χ2v) is 6.02. The summed E-state index contributed by atoms with van der Waals surface area (Å²) in [6.07, 6.45) is 1.98. The van der Waals surface area contributed by atoms with Gasteiger partial charge in [-0.3, -0.25) is 10.2 Å². The average Bonchev–Trinajstić information content (AvgIpc) is 3.13. The molecule has 3 rings (SSSR count). The van der Waals surface area contributed by atoms with E-state index in [4.69, 9.17) is 9.47 Å². The molecule has 0 saturated heterocycles. The predicted molar refractivity (Wildman–Crippen MR) is 101 cm³/mol. The van der Waals surface area contributed by atoms with Crippen molar-refractivity contribution in [3.05, 3.63) is 71.8 Å². The van der Waals surface area contributed by atoms with E-state index in [0.717, 1.165) is 16.8 Å². The number of amides is 1. The molecule has 0 aromatic heterocycles. The maximum Gasteiger partial charge on any atom is 0.344 e. The van der Waals surface area contributed by atoms with E-state index in [1.807, 2.05) is 54.6 Å². The first kappa shape index (κ1) is 18.5. The molecule has 1 aliphatic heterocycles. The van der Waals surface area contributed by atoms with Crippen molar-refractivity contribution >= 4 is 17.6 Å². The number of hydrogen-bond donors (Lipinski definition) is 1. The van der Waals surface area contributed by atoms with Crippen LogP contribution >= 0.6 is 0 Å². The third-order valence-corrected chi connectivity index (χ3v) is 4.16. The van der Waals surface area contributed by atoms with Gasteiger partial charge >= 0.3 is 5.97 Å². The molecule has 0 aliphatic carbocycles. The lowest BCUT2D eigenvalue weighted by Crippen LogP contribution is -2.38. The quantitative estimate of drug-likeness (QED) is 0.796. The Morgan fingerprint density at radius 1 is 1.07 bits per heavy atom. The van der Waals surface area contributed by atoms with Crippen LogP contribution in [0.4, 0.5) is 0 Å². The van der Waals surface area contributed by atoms with Crippen molar-refractivity contribution in [3.8, 4) is 5.75 Å². The fraction of sp³-hybridized carbons (Fsp3) is 0.238. The highest BCUT2D eigenvalue weighted by atomic mass is 16.6. The van der Waals surface area contributed by atoms with E-state index in [1.54, 1.807) is 18.0 Å². The fourth-order valence-corrected chi connectivity index (χ4v) is 2.95. The maximum atomic E-state index is 12.2. The van der Waals surface area contributed by atoms with Gasteiger partial charge in [-0.25, -0.2) is 9.80 Å². The Balaban J connectivity index is 1.90. The van der Waals surface area contributed by atoms with Crippen LogP contribution in [-0.2, 0) is 14.3 Å². The number of hydrogen-bond acceptors (Lipinski definition) is 5. The Kier molecular flexibility index (Phi) is 5.76. The molecule has 1 N–H and O–H groups in total. The maximum absolute atomic E-state index is 12.2. The van der Waals surface area contributed by atoms with Gasteiger partial charge in [-0.15, -0.1) is 0 Å². The van der Waals surface area contributed by atoms with E-state index in [0.29, 0.717) is 12.4 Å². The summed E-state index contributed by atoms with van der Waals surface area (Å²) in [5.41, 5.74) is 5.78. The van der Waals surface area contributed by atoms with E-state index in [1.165, 1.54) is 6.92 Å². The van der Waals surface area contributed by atoms with Gasteiger partial charge in [-0.2, -0.15) is 0 Å². The van der Waals surface area contributed by atoms with Gasteiger partial charge in [0.15, 0.2) is 6.61 Å². The molecule has 0 spiro atoms. The number of para-hydroxylation sites is 1. The SMILES string of the molecule is CCOC(=O)COc1ccccc1[C@H]1C=C(c2ccccc2)NN1C(C)=O. The van der Waals surface area contributed by atoms with Crippen molar-refractivity contribution in [1.82, 2.24) is 10.4 Å². The number of nitrogens with one attached hydrogen (secondary N) is 1. The van der Waals surface area contributed by atoms with Crippen molar-refractivity contribution in [2.75, 3.05) is 13.2 Å². The van der Waals surface area contributed by atoms with E-state index < -0.39 is 5.97 Å². The summed E-state index contributed by atoms with van der Waals surface area (Å²) in [6.45, 7) is 3.37. The van der Waals surface area contributed by atoms with E-state index >= 15 is 0 Å². The lowest BCUT2D eigenvalue weighted by atomic mass is 10.0. The summed E-state index contributed by atoms with van der Waals surface area (Å²) in [5, 5.41) is 1.55. The van der Waals surface area contributed by atoms with Gasteiger partial charge in [-0.1, -0.05) is 48.5 Å². The standard InChI is InChI=1S/C21H22N2O4/c1-3-26-21(25)14-27-20-12-8-7-11-17(20)19-13-18(22-23(19)15(2)24)16-9-5-4-6-10-16/h4-13,19,22H,3,14H2,1-2H3/t19-/m1/s1. The van der Waals surface area contributed by atoms with Crippen LogP contribution in [0.25, 0.3) is 5.70 Å². The number of benzene rings is 2. The largest absolute Gasteiger partial charge is 0.482 e. The fourth-order valence-electron chi connectivity index (χ4n) is 2.95. The zero-order chi connectivity index (χ0) is 19.2. The normalized spacial score (nSPS) is 15.7. The molecule has 2 aromatic rings. The lowest BCUT2D eigenvalue weighted by molar-refractivity contribution is -0.145. The molecule has 0 fully saturated rings. The van der Waals surface area contributed by atoms with Crippen LogP contribution in [0, 0.1) is 0 Å². The third-order valence-electron chi connectivity index (χ3n) is 4.16. The molecule has 0 unspecified atom stereocenters. The van der Waals surface area contributed by atoms with Crippen LogP contribution in [-0.4, -0.2) is 30.1 Å². The molecule has 0 saturated carbocycles. The Bertz CT molecular complexity index is 848. The summed E-state index contributed by atoms with van der Waals surface area (Å²) in [4.78, 5) is 23.8. The van der Waals surface area contributed by atoms with Gasteiger partial charge in [0.05, 0.1) is 12.3 Å². The topological polar surface area (TPSA) is 67.9 Å². The molecule has 1 amide bonds. The van der Waals surface area contributed by atoms with Crippen molar-refractivity contribution in [2.45, 2.75) is 19.9 Å². The molecule has 6 heteroatoms. The van der Waals surface area contributed by atoms with Gasteiger partial charge in [0.2, 0.25) is 5.91 Å². The van der Waals surface area contributed by atoms with E-state index in [-0.39, 0.29) is 18.6 Å². The van der Waals surface area contributed by atoms with Gasteiger partial charge in [0.25, 0.3) is 0 Å².